The molecule has 0 bridgehead atoms. The molecule has 1 aliphatic rings. The summed E-state index contributed by atoms with van der Waals surface area (Å²) in [6.07, 6.45) is 2.94. The van der Waals surface area contributed by atoms with E-state index in [1.54, 1.807) is 41.1 Å². The molecular formula is C25H24Cl2N6O6S2. The van der Waals surface area contributed by atoms with E-state index >= 15 is 0 Å². The van der Waals surface area contributed by atoms with E-state index < -0.39 is 32.6 Å². The van der Waals surface area contributed by atoms with Gasteiger partial charge < -0.3 is 10.0 Å². The van der Waals surface area contributed by atoms with Gasteiger partial charge in [0.15, 0.2) is 11.6 Å². The maximum absolute atomic E-state index is 13.5. The van der Waals surface area contributed by atoms with E-state index in [9.17, 15) is 26.7 Å². The van der Waals surface area contributed by atoms with E-state index in [1.807, 2.05) is 4.90 Å². The number of aromatic nitrogens is 3. The molecule has 4 aromatic rings. The number of fused-ring (bicyclic) bond motifs is 1. The predicted octanol–water partition coefficient (Wildman–Crippen LogP) is 3.09. The molecule has 0 aliphatic carbocycles. The topological polar surface area (TPSA) is 146 Å². The first-order chi connectivity index (χ1) is 19.3. The average molecular weight is 640 g/mol. The molecule has 41 heavy (non-hydrogen) atoms. The fourth-order valence-corrected chi connectivity index (χ4v) is 7.55. The third-order valence-electron chi connectivity index (χ3n) is 6.58. The maximum atomic E-state index is 13.5. The summed E-state index contributed by atoms with van der Waals surface area (Å²) in [6, 6.07) is 13.9. The van der Waals surface area contributed by atoms with E-state index in [-0.39, 0.29) is 20.6 Å². The molecule has 5 rings (SSSR count). The summed E-state index contributed by atoms with van der Waals surface area (Å²) >= 11 is 12.0. The molecule has 12 nitrogen and oxygen atoms in total. The van der Waals surface area contributed by atoms with Crippen molar-refractivity contribution >= 4 is 71.6 Å². The number of hydrogen-bond donors (Lipinski definition) is 1. The zero-order chi connectivity index (χ0) is 29.5. The van der Waals surface area contributed by atoms with Crippen LogP contribution in [0.2, 0.25) is 10.0 Å². The largest absolute Gasteiger partial charge is 0.480 e. The van der Waals surface area contributed by atoms with E-state index in [1.165, 1.54) is 34.8 Å². The number of benzene rings is 2. The molecule has 0 atom stereocenters. The summed E-state index contributed by atoms with van der Waals surface area (Å²) in [7, 11) is -7.56. The number of hydrogen-bond acceptors (Lipinski definition) is 8. The molecule has 0 amide bonds. The summed E-state index contributed by atoms with van der Waals surface area (Å²) in [5, 5.41) is 19.0. The Balaban J connectivity index is 1.42. The lowest BCUT2D eigenvalue weighted by Crippen LogP contribution is -2.48. The Hall–Kier alpha value is -3.43. The number of anilines is 2. The first-order valence-electron chi connectivity index (χ1n) is 12.2. The molecule has 1 fully saturated rings. The SMILES string of the molecule is CS(=O)(=O)N1CCN(c2ccc(-n3ccc4cc(N(CC(=O)O)S(=O)(=O)c5cc(Cl)cc(Cl)c5)ccc43)nn2)CC1. The second kappa shape index (κ2) is 11.1. The predicted molar refractivity (Wildman–Crippen MR) is 156 cm³/mol. The monoisotopic (exact) mass is 638 g/mol. The van der Waals surface area contributed by atoms with Crippen LogP contribution >= 0.6 is 23.2 Å². The Labute approximate surface area is 246 Å². The smallest absolute Gasteiger partial charge is 0.324 e. The molecule has 216 valence electrons. The normalized spacial score (nSPS) is 14.9. The van der Waals surface area contributed by atoms with Crippen LogP contribution in [0.15, 0.2) is 65.7 Å². The first-order valence-corrected chi connectivity index (χ1v) is 16.2. The van der Waals surface area contributed by atoms with Crippen LogP contribution in [0.1, 0.15) is 0 Å². The van der Waals surface area contributed by atoms with Crippen LogP contribution in [0.4, 0.5) is 11.5 Å². The van der Waals surface area contributed by atoms with Crippen LogP contribution < -0.4 is 9.21 Å². The molecular weight excluding hydrogens is 615 g/mol. The van der Waals surface area contributed by atoms with Crippen molar-refractivity contribution in [1.29, 1.82) is 0 Å². The van der Waals surface area contributed by atoms with Gasteiger partial charge in [-0.1, -0.05) is 23.2 Å². The second-order valence-corrected chi connectivity index (χ2v) is 14.1. The fourth-order valence-electron chi connectivity index (χ4n) is 4.59. The number of sulfonamides is 2. The summed E-state index contributed by atoms with van der Waals surface area (Å²) in [4.78, 5) is 13.4. The zero-order valence-corrected chi connectivity index (χ0v) is 24.7. The van der Waals surface area contributed by atoms with Crippen molar-refractivity contribution in [3.05, 3.63) is 70.8 Å². The van der Waals surface area contributed by atoms with Crippen molar-refractivity contribution < 1.29 is 26.7 Å². The molecule has 2 aromatic carbocycles. The summed E-state index contributed by atoms with van der Waals surface area (Å²) in [6.45, 7) is 0.905. The van der Waals surface area contributed by atoms with Gasteiger partial charge in [-0.2, -0.15) is 4.31 Å². The van der Waals surface area contributed by atoms with Crippen molar-refractivity contribution in [1.82, 2.24) is 19.1 Å². The molecule has 3 heterocycles. The zero-order valence-electron chi connectivity index (χ0n) is 21.6. The summed E-state index contributed by atoms with van der Waals surface area (Å²) < 4.78 is 54.4. The number of halogens is 2. The Morgan fingerprint density at radius 3 is 2.12 bits per heavy atom. The summed E-state index contributed by atoms with van der Waals surface area (Å²) in [5.74, 6) is -0.210. The van der Waals surface area contributed by atoms with Crippen LogP contribution in [-0.4, -0.2) is 86.0 Å². The van der Waals surface area contributed by atoms with Crippen molar-refractivity contribution in [2.24, 2.45) is 0 Å². The van der Waals surface area contributed by atoms with Gasteiger partial charge in [0, 0.05) is 47.8 Å². The lowest BCUT2D eigenvalue weighted by molar-refractivity contribution is -0.135. The van der Waals surface area contributed by atoms with Crippen LogP contribution in [-0.2, 0) is 24.8 Å². The Morgan fingerprint density at radius 2 is 1.54 bits per heavy atom. The van der Waals surface area contributed by atoms with Gasteiger partial charge in [-0.05, 0) is 54.6 Å². The van der Waals surface area contributed by atoms with Gasteiger partial charge in [0.05, 0.1) is 22.4 Å². The van der Waals surface area contributed by atoms with E-state index in [4.69, 9.17) is 23.2 Å². The molecule has 16 heteroatoms. The second-order valence-electron chi connectivity index (χ2n) is 9.34. The van der Waals surface area contributed by atoms with Crippen LogP contribution in [0.5, 0.6) is 0 Å². The van der Waals surface area contributed by atoms with Gasteiger partial charge in [0.2, 0.25) is 10.0 Å². The Bertz CT molecular complexity index is 1820. The highest BCUT2D eigenvalue weighted by molar-refractivity contribution is 7.92. The van der Waals surface area contributed by atoms with Gasteiger partial charge in [0.1, 0.15) is 6.54 Å². The highest BCUT2D eigenvalue weighted by atomic mass is 35.5. The van der Waals surface area contributed by atoms with Gasteiger partial charge >= 0.3 is 5.97 Å². The molecule has 2 aromatic heterocycles. The number of nitrogens with zero attached hydrogens (tertiary/aromatic N) is 6. The van der Waals surface area contributed by atoms with Crippen LogP contribution in [0, 0.1) is 0 Å². The third-order valence-corrected chi connectivity index (χ3v) is 10.1. The minimum absolute atomic E-state index is 0.0992. The Kier molecular flexibility index (Phi) is 7.87. The number of aliphatic carboxylic acids is 1. The van der Waals surface area contributed by atoms with Crippen molar-refractivity contribution in [2.45, 2.75) is 4.90 Å². The lowest BCUT2D eigenvalue weighted by Gasteiger charge is -2.33. The van der Waals surface area contributed by atoms with Crippen LogP contribution in [0.3, 0.4) is 0 Å². The van der Waals surface area contributed by atoms with Gasteiger partial charge in [-0.25, -0.2) is 16.8 Å². The molecule has 0 radical (unpaired) electrons. The number of carboxylic acids is 1. The first kappa shape index (κ1) is 29.1. The lowest BCUT2D eigenvalue weighted by atomic mass is 10.2. The van der Waals surface area contributed by atoms with E-state index in [0.29, 0.717) is 48.7 Å². The highest BCUT2D eigenvalue weighted by Crippen LogP contribution is 2.31. The van der Waals surface area contributed by atoms with Crippen LogP contribution in [0.25, 0.3) is 16.7 Å². The Morgan fingerprint density at radius 1 is 0.902 bits per heavy atom. The van der Waals surface area contributed by atoms with Gasteiger partial charge in [-0.15, -0.1) is 10.2 Å². The van der Waals surface area contributed by atoms with Crippen molar-refractivity contribution in [3.8, 4) is 5.82 Å². The maximum Gasteiger partial charge on any atom is 0.324 e. The number of carbonyl (C=O) groups is 1. The molecule has 0 unspecified atom stereocenters. The summed E-state index contributed by atoms with van der Waals surface area (Å²) in [5.41, 5.74) is 0.833. The number of carboxylic acid groups (broad SMARTS) is 1. The van der Waals surface area contributed by atoms with Gasteiger partial charge in [-0.3, -0.25) is 13.7 Å². The molecule has 1 saturated heterocycles. The van der Waals surface area contributed by atoms with Crippen molar-refractivity contribution in [3.63, 3.8) is 0 Å². The molecule has 0 saturated carbocycles. The third kappa shape index (κ3) is 6.11. The average Bonchev–Trinajstić information content (AvgIpc) is 3.34. The van der Waals surface area contributed by atoms with E-state index in [0.717, 1.165) is 4.31 Å². The fraction of sp³-hybridized carbons (Fsp3) is 0.240. The highest BCUT2D eigenvalue weighted by Gasteiger charge is 2.28. The molecule has 0 spiro atoms. The number of rotatable bonds is 8. The van der Waals surface area contributed by atoms with Gasteiger partial charge in [0.25, 0.3) is 10.0 Å². The number of piperazine rings is 1. The quantitative estimate of drug-likeness (QED) is 0.307. The standard InChI is InChI=1S/C25H24Cl2N6O6S2/c1-40(36,37)31-10-8-30(9-11-31)23-4-5-24(29-28-23)32-7-6-17-12-20(2-3-22(17)32)33(16-25(34)35)41(38,39)21-14-18(26)13-19(27)15-21/h2-7,12-15H,8-11,16H2,1H3,(H,34,35). The van der Waals surface area contributed by atoms with Crippen molar-refractivity contribution in [2.75, 3.05) is 48.2 Å². The minimum atomic E-state index is -4.32. The molecule has 1 aliphatic heterocycles. The van der Waals surface area contributed by atoms with E-state index in [2.05, 4.69) is 10.2 Å². The molecule has 1 N–H and O–H groups in total. The minimum Gasteiger partial charge on any atom is -0.480 e.